The Balaban J connectivity index is 0.000000209. The van der Waals surface area contributed by atoms with Crippen molar-refractivity contribution in [1.29, 1.82) is 0 Å². The maximum Gasteiger partial charge on any atom is 0.472 e. The maximum absolute atomic E-state index is 10.9. The number of anilines is 4. The van der Waals surface area contributed by atoms with Crippen molar-refractivity contribution in [3.63, 3.8) is 0 Å². The minimum Gasteiger partial charge on any atom is -0.455 e. The summed E-state index contributed by atoms with van der Waals surface area (Å²) in [7, 11) is -13.4. The number of nitrogens with one attached hydrogen (secondary N) is 4. The molecule has 0 radical (unpaired) electrons. The summed E-state index contributed by atoms with van der Waals surface area (Å²) < 4.78 is 61.5. The van der Waals surface area contributed by atoms with Gasteiger partial charge in [0, 0.05) is 138 Å². The van der Waals surface area contributed by atoms with Gasteiger partial charge in [-0.05, 0) is 195 Å². The summed E-state index contributed by atoms with van der Waals surface area (Å²) in [6.07, 6.45) is 0.561. The first-order valence-corrected chi connectivity index (χ1v) is 63.3. The highest BCUT2D eigenvalue weighted by atomic mass is 28.6. The van der Waals surface area contributed by atoms with Gasteiger partial charge in [-0.25, -0.2) is 0 Å². The first-order chi connectivity index (χ1) is 62.5. The van der Waals surface area contributed by atoms with Crippen molar-refractivity contribution in [3.05, 3.63) is 218 Å². The van der Waals surface area contributed by atoms with Crippen LogP contribution in [0, 0.1) is 0 Å². The van der Waals surface area contributed by atoms with Gasteiger partial charge in [0.2, 0.25) is 0 Å². The first-order valence-electron chi connectivity index (χ1n) is 46.4. The second kappa shape index (κ2) is 50.7. The van der Waals surface area contributed by atoms with Crippen LogP contribution in [0.25, 0.3) is 86.2 Å². The predicted molar refractivity (Wildman–Crippen MR) is 545 cm³/mol. The Kier molecular flexibility index (Phi) is 40.2. The van der Waals surface area contributed by atoms with Crippen molar-refractivity contribution in [2.24, 2.45) is 0 Å². The van der Waals surface area contributed by atoms with E-state index in [1.54, 1.807) is 0 Å². The van der Waals surface area contributed by atoms with Crippen LogP contribution in [-0.2, 0) is 44.9 Å². The molecule has 12 aromatic carbocycles. The standard InChI is InChI=1S/C49H66N2O10Si3.C30H47NO6Si2.C22H29NO3Si/c1-62(2,26-12-23-56-34-41(53)31-50-48-44-19-8-4-15-37(44)29-38-16-5-9-20-45(38)48)59-64(28-14-25-58-36-43(55)33-52)60-63(3,61-64)27-13-24-57-35-42(54)32-51-49-46-21-10-6-17-39(46)30-40-18-7-11-22-47(40)49;1-38(2,37-39(3,4)18-10-16-36-23-27(34)21-32)17-9-15-35-22-26(33)20-31-30-28-13-7-5-11-24(28)19-25-12-6-8-14-29(25)30;1-27(2,25)13-7-12-26-16-19(24)15-23-22-20-10-5-3-8-17(20)14-18-9-4-6-11-21(18)22/h4-11,15-22,29-30,41-43,50-55H,12-14,23-28,31-36H2,1-3H3;5-8,11-14,19,26-27,31-34H,9-10,15-18,20-23H2,1-4H3;3-6,8-11,14,19,23-25H,7,12-13,15-16H2,1-2H3. The Labute approximate surface area is 773 Å². The van der Waals surface area contributed by atoms with Crippen LogP contribution in [0.15, 0.2) is 218 Å². The van der Waals surface area contributed by atoms with E-state index in [2.05, 4.69) is 188 Å². The Hall–Kier alpha value is -7.54. The highest BCUT2D eigenvalue weighted by molar-refractivity contribution is 6.95. The van der Waals surface area contributed by atoms with E-state index in [0.29, 0.717) is 91.5 Å². The van der Waals surface area contributed by atoms with Crippen LogP contribution in [0.5, 0.6) is 0 Å². The minimum atomic E-state index is -2.98. The SMILES string of the molecule is C[Si](C)(CCCOCC(O)CNc1c2ccccc2cc2ccccc12)O[Si]1(CCCOCC(O)CO)O[Si](C)(CCCOCC(O)CNc2c3ccccc3cc3ccccc23)O1.C[Si](C)(CCCOCC(O)CO)O[Si](C)(C)CCCOCC(O)CNc1c2ccccc2cc2ccccc12.C[Si](C)(O)CCCOCC(O)CNc1c2ccccc2cc2ccccc12. The molecule has 704 valence electrons. The normalized spacial score (nSPS) is 16.4. The zero-order valence-corrected chi connectivity index (χ0v) is 83.6. The second-order valence-corrected chi connectivity index (χ2v) is 61.1. The molecule has 6 atom stereocenters. The van der Waals surface area contributed by atoms with E-state index >= 15 is 0 Å². The van der Waals surface area contributed by atoms with Gasteiger partial charge in [-0.2, -0.15) is 0 Å². The van der Waals surface area contributed by atoms with Gasteiger partial charge in [0.15, 0.2) is 33.3 Å². The van der Waals surface area contributed by atoms with Crippen LogP contribution in [0.4, 0.5) is 22.7 Å². The van der Waals surface area contributed by atoms with E-state index in [1.807, 2.05) is 110 Å². The average Bonchev–Trinajstić information content (AvgIpc) is 0.739. The lowest BCUT2D eigenvalue weighted by molar-refractivity contribution is 0.00548. The lowest BCUT2D eigenvalue weighted by atomic mass is 10.0. The van der Waals surface area contributed by atoms with Gasteiger partial charge >= 0.3 is 17.4 Å². The number of aliphatic hydroxyl groups is 8. The van der Waals surface area contributed by atoms with E-state index < -0.39 is 87.3 Å². The number of ether oxygens (including phenoxy) is 6. The highest BCUT2D eigenvalue weighted by Gasteiger charge is 2.63. The summed E-state index contributed by atoms with van der Waals surface area (Å²) in [5.41, 5.74) is 4.13. The van der Waals surface area contributed by atoms with E-state index in [0.717, 1.165) is 150 Å². The molecule has 0 amide bonds. The molecule has 0 aromatic heterocycles. The lowest BCUT2D eigenvalue weighted by Crippen LogP contribution is -2.72. The Morgan fingerprint density at radius 3 is 0.777 bits per heavy atom. The van der Waals surface area contributed by atoms with Gasteiger partial charge in [-0.1, -0.05) is 194 Å². The zero-order valence-electron chi connectivity index (χ0n) is 77.6. The summed E-state index contributed by atoms with van der Waals surface area (Å²) in [4.78, 5) is 9.83. The third-order valence-corrected chi connectivity index (χ3v) is 45.4. The average molecular weight is 1880 g/mol. The summed E-state index contributed by atoms with van der Waals surface area (Å²) in [5, 5.41) is 112. The van der Waals surface area contributed by atoms with Crippen molar-refractivity contribution in [1.82, 2.24) is 0 Å². The molecule has 1 aliphatic heterocycles. The zero-order chi connectivity index (χ0) is 92.6. The molecule has 0 aliphatic carbocycles. The minimum absolute atomic E-state index is 0.0655. The molecule has 1 aliphatic rings. The van der Waals surface area contributed by atoms with Crippen LogP contribution in [-0.4, -0.2) is 252 Å². The van der Waals surface area contributed by atoms with Crippen molar-refractivity contribution in [2.45, 2.75) is 170 Å². The molecule has 13 N–H and O–H groups in total. The molecule has 13 rings (SSSR count). The maximum atomic E-state index is 10.9. The van der Waals surface area contributed by atoms with Crippen LogP contribution in [0.1, 0.15) is 38.5 Å². The molecule has 0 spiro atoms. The van der Waals surface area contributed by atoms with Gasteiger partial charge < -0.3 is 112 Å². The van der Waals surface area contributed by atoms with Crippen molar-refractivity contribution in [2.75, 3.05) is 140 Å². The summed E-state index contributed by atoms with van der Waals surface area (Å²) in [6, 6.07) is 80.2. The molecule has 0 bridgehead atoms. The third-order valence-electron chi connectivity index (χ3n) is 23.1. The molecule has 0 saturated carbocycles. The number of fused-ring (bicyclic) bond motifs is 8. The number of rotatable bonds is 54. The lowest BCUT2D eigenvalue weighted by Gasteiger charge is -2.53. The summed E-state index contributed by atoms with van der Waals surface area (Å²) in [6.45, 7) is 24.7. The molecule has 1 saturated heterocycles. The fourth-order valence-electron chi connectivity index (χ4n) is 16.9. The topological polar surface area (TPSA) is 322 Å². The Bertz CT molecular complexity index is 5250. The number of benzene rings is 12. The van der Waals surface area contributed by atoms with E-state index in [-0.39, 0.29) is 39.6 Å². The fourth-order valence-corrected chi connectivity index (χ4v) is 41.3. The van der Waals surface area contributed by atoms with E-state index in [1.165, 1.54) is 21.5 Å². The van der Waals surface area contributed by atoms with Crippen molar-refractivity contribution in [3.8, 4) is 0 Å². The molecule has 1 fully saturated rings. The van der Waals surface area contributed by atoms with Crippen LogP contribution in [0.3, 0.4) is 0 Å². The van der Waals surface area contributed by atoms with Gasteiger partial charge in [0.05, 0.1) is 77.3 Å². The molecule has 23 nitrogen and oxygen atoms in total. The quantitative estimate of drug-likeness (QED) is 0.00957. The molecule has 130 heavy (non-hydrogen) atoms. The Morgan fingerprint density at radius 1 is 0.300 bits per heavy atom. The summed E-state index contributed by atoms with van der Waals surface area (Å²) >= 11 is 0. The molecule has 1 heterocycles. The molecule has 12 aromatic rings. The van der Waals surface area contributed by atoms with Gasteiger partial charge in [0.25, 0.3) is 0 Å². The number of hydrogen-bond acceptors (Lipinski definition) is 23. The van der Waals surface area contributed by atoms with E-state index in [9.17, 15) is 35.4 Å². The van der Waals surface area contributed by atoms with E-state index in [4.69, 9.17) is 55.1 Å². The van der Waals surface area contributed by atoms with Crippen molar-refractivity contribution < 1.29 is 90.5 Å². The second-order valence-electron chi connectivity index (χ2n) is 37.0. The van der Waals surface area contributed by atoms with Gasteiger partial charge in [0.1, 0.15) is 12.2 Å². The summed E-state index contributed by atoms with van der Waals surface area (Å²) in [5.74, 6) is 0. The van der Waals surface area contributed by atoms with Crippen LogP contribution >= 0.6 is 0 Å². The smallest absolute Gasteiger partial charge is 0.455 e. The highest BCUT2D eigenvalue weighted by Crippen LogP contribution is 2.43. The molecule has 6 unspecified atom stereocenters. The number of aliphatic hydroxyl groups excluding tert-OH is 8. The van der Waals surface area contributed by atoms with Gasteiger partial charge in [-0.15, -0.1) is 0 Å². The molecular weight excluding hydrogens is 1740 g/mol. The fraction of sp³-hybridized carbons (Fsp3) is 0.446. The third kappa shape index (κ3) is 32.4. The van der Waals surface area contributed by atoms with Crippen LogP contribution < -0.4 is 21.3 Å². The Morgan fingerprint density at radius 2 is 0.523 bits per heavy atom. The molecular formula is C101H142N4O19Si6. The van der Waals surface area contributed by atoms with Crippen LogP contribution in [0.2, 0.25) is 95.2 Å². The van der Waals surface area contributed by atoms with Gasteiger partial charge in [-0.3, -0.25) is 0 Å². The molecule has 29 heteroatoms. The predicted octanol–water partition coefficient (Wildman–Crippen LogP) is 18.1. The first kappa shape index (κ1) is 103. The number of hydrogen-bond donors (Lipinski definition) is 13. The van der Waals surface area contributed by atoms with Crippen molar-refractivity contribution >= 4 is 160 Å². The largest absolute Gasteiger partial charge is 0.472 e. The monoisotopic (exact) mass is 1880 g/mol.